The first-order valence-electron chi connectivity index (χ1n) is 6.38. The van der Waals surface area contributed by atoms with E-state index in [-0.39, 0.29) is 6.54 Å². The Kier molecular flexibility index (Phi) is 6.56. The Labute approximate surface area is 129 Å². The Hall–Kier alpha value is -1.88. The van der Waals surface area contributed by atoms with Crippen LogP contribution in [0.5, 0.6) is 0 Å². The summed E-state index contributed by atoms with van der Waals surface area (Å²) in [5.41, 5.74) is 0.664. The van der Waals surface area contributed by atoms with Crippen LogP contribution >= 0.6 is 0 Å². The molecule has 0 aliphatic heterocycles. The first kappa shape index (κ1) is 18.2. The van der Waals surface area contributed by atoms with Crippen LogP contribution in [-0.4, -0.2) is 62.3 Å². The maximum atomic E-state index is 11.7. The van der Waals surface area contributed by atoms with Crippen molar-refractivity contribution in [3.63, 3.8) is 0 Å². The van der Waals surface area contributed by atoms with Crippen LogP contribution in [0.25, 0.3) is 0 Å². The number of hydrogen-bond acceptors (Lipinski definition) is 5. The molecular weight excluding hydrogens is 312 g/mol. The third-order valence-electron chi connectivity index (χ3n) is 2.56. The van der Waals surface area contributed by atoms with Crippen LogP contribution < -0.4 is 15.4 Å². The van der Waals surface area contributed by atoms with Gasteiger partial charge in [-0.15, -0.1) is 0 Å². The highest BCUT2D eigenvalue weighted by molar-refractivity contribution is 7.90. The van der Waals surface area contributed by atoms with Crippen LogP contribution in [-0.2, 0) is 10.2 Å². The molecule has 0 saturated heterocycles. The van der Waals surface area contributed by atoms with Crippen molar-refractivity contribution in [2.75, 3.05) is 37.3 Å². The van der Waals surface area contributed by atoms with E-state index in [0.29, 0.717) is 11.4 Å². The van der Waals surface area contributed by atoms with E-state index in [1.165, 1.54) is 20.2 Å². The fraction of sp³-hybridized carbons (Fsp3) is 0.417. The number of rotatable bonds is 7. The van der Waals surface area contributed by atoms with Crippen LogP contribution in [0.2, 0.25) is 0 Å². The number of carbonyl (C=O) groups is 1. The van der Waals surface area contributed by atoms with Gasteiger partial charge in [0, 0.05) is 26.3 Å². The molecule has 2 amide bonds. The van der Waals surface area contributed by atoms with Crippen molar-refractivity contribution in [3.05, 3.63) is 24.3 Å². The highest BCUT2D eigenvalue weighted by Crippen LogP contribution is 2.16. The number of aliphatic hydroxyl groups is 2. The number of aliphatic hydroxyl groups excluding tert-OH is 2. The average Bonchev–Trinajstić information content (AvgIpc) is 2.44. The molecule has 0 bridgehead atoms. The van der Waals surface area contributed by atoms with Crippen molar-refractivity contribution in [1.82, 2.24) is 9.62 Å². The number of nitrogens with one attached hydrogen (secondary N) is 3. The predicted molar refractivity (Wildman–Crippen MR) is 82.8 cm³/mol. The highest BCUT2D eigenvalue weighted by atomic mass is 32.2. The average molecular weight is 332 g/mol. The van der Waals surface area contributed by atoms with Crippen molar-refractivity contribution in [2.45, 2.75) is 6.10 Å². The van der Waals surface area contributed by atoms with E-state index >= 15 is 0 Å². The standard InChI is InChI=1S/C12H20N4O5S/c1-16(2)22(20,21)15-10-5-3-4-9(6-10)14-12(19)13-7-11(18)8-17/h3-6,11,15,17-18H,7-8H2,1-2H3,(H2,13,14,19)/t11-/m1/s1. The molecule has 0 heterocycles. The maximum Gasteiger partial charge on any atom is 0.319 e. The van der Waals surface area contributed by atoms with Crippen LogP contribution in [0.15, 0.2) is 24.3 Å². The fourth-order valence-electron chi connectivity index (χ4n) is 1.35. The van der Waals surface area contributed by atoms with E-state index in [2.05, 4.69) is 15.4 Å². The third kappa shape index (κ3) is 5.85. The third-order valence-corrected chi connectivity index (χ3v) is 4.01. The topological polar surface area (TPSA) is 131 Å². The number of anilines is 2. The molecule has 0 unspecified atom stereocenters. The molecule has 0 spiro atoms. The van der Waals surface area contributed by atoms with Gasteiger partial charge in [-0.2, -0.15) is 12.7 Å². The predicted octanol–water partition coefficient (Wildman–Crippen LogP) is -0.620. The lowest BCUT2D eigenvalue weighted by molar-refractivity contribution is 0.0965. The van der Waals surface area contributed by atoms with Gasteiger partial charge in [-0.3, -0.25) is 4.72 Å². The molecule has 0 radical (unpaired) electrons. The summed E-state index contributed by atoms with van der Waals surface area (Å²) in [6.07, 6.45) is -1.04. The number of hydrogen-bond donors (Lipinski definition) is 5. The van der Waals surface area contributed by atoms with Crippen molar-refractivity contribution in [1.29, 1.82) is 0 Å². The van der Waals surface area contributed by atoms with Crippen LogP contribution in [0, 0.1) is 0 Å². The van der Waals surface area contributed by atoms with Crippen molar-refractivity contribution < 1.29 is 23.4 Å². The van der Waals surface area contributed by atoms with E-state index < -0.39 is 29.0 Å². The minimum atomic E-state index is -3.63. The van der Waals surface area contributed by atoms with Crippen molar-refractivity contribution in [2.24, 2.45) is 0 Å². The molecule has 0 aliphatic carbocycles. The maximum absolute atomic E-state index is 11.7. The van der Waals surface area contributed by atoms with Gasteiger partial charge in [-0.25, -0.2) is 4.79 Å². The van der Waals surface area contributed by atoms with E-state index in [1.54, 1.807) is 18.2 Å². The Bertz CT molecular complexity index is 605. The molecule has 0 aromatic heterocycles. The summed E-state index contributed by atoms with van der Waals surface area (Å²) in [5, 5.41) is 22.6. The van der Waals surface area contributed by atoms with E-state index in [1.807, 2.05) is 0 Å². The Balaban J connectivity index is 2.67. The zero-order valence-electron chi connectivity index (χ0n) is 12.3. The molecule has 1 atom stereocenters. The second-order valence-corrected chi connectivity index (χ2v) is 6.53. The Morgan fingerprint density at radius 3 is 2.55 bits per heavy atom. The summed E-state index contributed by atoms with van der Waals surface area (Å²) in [5.74, 6) is 0. The Morgan fingerprint density at radius 1 is 1.32 bits per heavy atom. The molecule has 0 saturated carbocycles. The molecule has 1 aromatic rings. The molecule has 1 aromatic carbocycles. The zero-order chi connectivity index (χ0) is 16.8. The van der Waals surface area contributed by atoms with Gasteiger partial charge < -0.3 is 20.8 Å². The van der Waals surface area contributed by atoms with Gasteiger partial charge in [0.05, 0.1) is 18.4 Å². The summed E-state index contributed by atoms with van der Waals surface area (Å²) < 4.78 is 26.8. The van der Waals surface area contributed by atoms with Crippen LogP contribution in [0.4, 0.5) is 16.2 Å². The molecule has 124 valence electrons. The van der Waals surface area contributed by atoms with Crippen molar-refractivity contribution in [3.8, 4) is 0 Å². The first-order chi connectivity index (χ1) is 10.2. The summed E-state index contributed by atoms with van der Waals surface area (Å²) in [6, 6.07) is 5.56. The second-order valence-electron chi connectivity index (χ2n) is 4.64. The zero-order valence-corrected chi connectivity index (χ0v) is 13.1. The van der Waals surface area contributed by atoms with E-state index in [9.17, 15) is 13.2 Å². The van der Waals surface area contributed by atoms with Crippen molar-refractivity contribution >= 4 is 27.6 Å². The van der Waals surface area contributed by atoms with Gasteiger partial charge in [0.25, 0.3) is 0 Å². The van der Waals surface area contributed by atoms with Gasteiger partial charge in [-0.05, 0) is 18.2 Å². The minimum absolute atomic E-state index is 0.102. The van der Waals surface area contributed by atoms with Gasteiger partial charge >= 0.3 is 16.2 Å². The normalized spacial score (nSPS) is 12.8. The minimum Gasteiger partial charge on any atom is -0.394 e. The largest absolute Gasteiger partial charge is 0.394 e. The van der Waals surface area contributed by atoms with Gasteiger partial charge in [-0.1, -0.05) is 6.07 Å². The Morgan fingerprint density at radius 2 is 1.95 bits per heavy atom. The quantitative estimate of drug-likeness (QED) is 0.454. The molecule has 0 aliphatic rings. The molecule has 10 heteroatoms. The molecule has 9 nitrogen and oxygen atoms in total. The van der Waals surface area contributed by atoms with E-state index in [4.69, 9.17) is 10.2 Å². The lowest BCUT2D eigenvalue weighted by atomic mass is 10.3. The number of nitrogens with zero attached hydrogens (tertiary/aromatic N) is 1. The van der Waals surface area contributed by atoms with Gasteiger partial charge in [0.15, 0.2) is 0 Å². The number of benzene rings is 1. The molecule has 22 heavy (non-hydrogen) atoms. The number of carbonyl (C=O) groups excluding carboxylic acids is 1. The molecule has 0 fully saturated rings. The van der Waals surface area contributed by atoms with Crippen LogP contribution in [0.3, 0.4) is 0 Å². The smallest absolute Gasteiger partial charge is 0.319 e. The lowest BCUT2D eigenvalue weighted by Crippen LogP contribution is -2.36. The highest BCUT2D eigenvalue weighted by Gasteiger charge is 2.13. The number of urea groups is 1. The van der Waals surface area contributed by atoms with E-state index in [0.717, 1.165) is 4.31 Å². The summed E-state index contributed by atoms with van der Waals surface area (Å²) in [4.78, 5) is 11.6. The summed E-state index contributed by atoms with van der Waals surface area (Å²) in [7, 11) is -0.841. The summed E-state index contributed by atoms with van der Waals surface area (Å²) >= 11 is 0. The molecule has 1 rings (SSSR count). The number of amides is 2. The monoisotopic (exact) mass is 332 g/mol. The first-order valence-corrected chi connectivity index (χ1v) is 7.82. The fourth-order valence-corrected chi connectivity index (χ4v) is 1.96. The SMILES string of the molecule is CN(C)S(=O)(=O)Nc1cccc(NC(=O)NC[C@@H](O)CO)c1. The molecular formula is C12H20N4O5S. The lowest BCUT2D eigenvalue weighted by Gasteiger charge is -2.14. The molecule has 5 N–H and O–H groups in total. The second kappa shape index (κ2) is 7.94. The van der Waals surface area contributed by atoms with Crippen LogP contribution in [0.1, 0.15) is 0 Å². The van der Waals surface area contributed by atoms with Gasteiger partial charge in [0.2, 0.25) is 0 Å². The summed E-state index contributed by atoms with van der Waals surface area (Å²) in [6.45, 7) is -0.558. The van der Waals surface area contributed by atoms with Gasteiger partial charge in [0.1, 0.15) is 0 Å².